The summed E-state index contributed by atoms with van der Waals surface area (Å²) in [4.78, 5) is 30.1. The number of rotatable bonds is 5. The van der Waals surface area contributed by atoms with Crippen molar-refractivity contribution in [3.8, 4) is 0 Å². The van der Waals surface area contributed by atoms with Crippen LogP contribution in [0, 0.1) is 0 Å². The van der Waals surface area contributed by atoms with Crippen LogP contribution >= 0.6 is 11.3 Å². The number of hydrogen-bond acceptors (Lipinski definition) is 5. The molecule has 1 N–H and O–H groups in total. The van der Waals surface area contributed by atoms with E-state index in [4.69, 9.17) is 0 Å². The number of Topliss-reactive ketones (excluding diaryl/α,β-unsaturated/α-hetero) is 1. The van der Waals surface area contributed by atoms with E-state index >= 15 is 0 Å². The van der Waals surface area contributed by atoms with Crippen LogP contribution in [0.5, 0.6) is 0 Å². The Hall–Kier alpha value is -2.99. The molecule has 4 rings (SSSR count). The molecule has 0 spiro atoms. The fraction of sp³-hybridized carbons (Fsp3) is 0.190. The molecule has 0 fully saturated rings. The van der Waals surface area contributed by atoms with E-state index in [9.17, 15) is 9.59 Å². The number of anilines is 2. The minimum atomic E-state index is -0.225. The summed E-state index contributed by atoms with van der Waals surface area (Å²) < 4.78 is 0. The smallest absolute Gasteiger partial charge is 0.257 e. The number of aromatic nitrogens is 1. The van der Waals surface area contributed by atoms with Crippen molar-refractivity contribution in [3.05, 3.63) is 76.3 Å². The van der Waals surface area contributed by atoms with Crippen molar-refractivity contribution in [1.29, 1.82) is 0 Å². The molecular formula is C21H19N3O2S. The highest BCUT2D eigenvalue weighted by Gasteiger charge is 2.18. The van der Waals surface area contributed by atoms with Gasteiger partial charge in [-0.15, -0.1) is 11.3 Å². The third-order valence-corrected chi connectivity index (χ3v) is 5.42. The summed E-state index contributed by atoms with van der Waals surface area (Å²) in [5, 5.41) is 4.83. The van der Waals surface area contributed by atoms with Crippen molar-refractivity contribution in [3.63, 3.8) is 0 Å². The predicted molar refractivity (Wildman–Crippen MR) is 108 cm³/mol. The van der Waals surface area contributed by atoms with Crippen LogP contribution in [0.15, 0.2) is 53.9 Å². The number of thiazole rings is 1. The molecule has 0 aliphatic carbocycles. The topological polar surface area (TPSA) is 62.3 Å². The second kappa shape index (κ2) is 7.32. The number of nitrogens with zero attached hydrogens (tertiary/aromatic N) is 2. The molecular weight excluding hydrogens is 358 g/mol. The van der Waals surface area contributed by atoms with Crippen LogP contribution in [-0.4, -0.2) is 23.2 Å². The van der Waals surface area contributed by atoms with E-state index < -0.39 is 0 Å². The lowest BCUT2D eigenvalue weighted by atomic mass is 10.1. The highest BCUT2D eigenvalue weighted by Crippen LogP contribution is 2.28. The highest BCUT2D eigenvalue weighted by molar-refractivity contribution is 7.14. The van der Waals surface area contributed by atoms with Gasteiger partial charge in [0, 0.05) is 36.6 Å². The number of carbonyl (C=O) groups excluding carboxylic acids is 2. The summed E-state index contributed by atoms with van der Waals surface area (Å²) in [5.41, 5.74) is 4.79. The van der Waals surface area contributed by atoms with Crippen molar-refractivity contribution >= 4 is 33.8 Å². The van der Waals surface area contributed by atoms with Gasteiger partial charge in [-0.3, -0.25) is 14.9 Å². The van der Waals surface area contributed by atoms with E-state index in [-0.39, 0.29) is 11.7 Å². The van der Waals surface area contributed by atoms with Crippen LogP contribution < -0.4 is 10.2 Å². The Bertz CT molecular complexity index is 995. The van der Waals surface area contributed by atoms with Crippen molar-refractivity contribution < 1.29 is 9.59 Å². The van der Waals surface area contributed by atoms with E-state index in [1.165, 1.54) is 29.5 Å². The van der Waals surface area contributed by atoms with Crippen LogP contribution in [0.4, 0.5) is 10.8 Å². The number of hydrogen-bond donors (Lipinski definition) is 1. The van der Waals surface area contributed by atoms with Gasteiger partial charge in [0.25, 0.3) is 5.91 Å². The number of benzene rings is 2. The first-order valence-corrected chi connectivity index (χ1v) is 9.68. The molecule has 0 radical (unpaired) electrons. The second-order valence-electron chi connectivity index (χ2n) is 6.55. The van der Waals surface area contributed by atoms with Gasteiger partial charge >= 0.3 is 0 Å². The van der Waals surface area contributed by atoms with Gasteiger partial charge in [0.1, 0.15) is 5.69 Å². The van der Waals surface area contributed by atoms with Gasteiger partial charge in [0.05, 0.1) is 0 Å². The minimum Gasteiger partial charge on any atom is -0.367 e. The molecule has 1 aliphatic heterocycles. The summed E-state index contributed by atoms with van der Waals surface area (Å²) in [7, 11) is 0. The average molecular weight is 377 g/mol. The van der Waals surface area contributed by atoms with Gasteiger partial charge in [-0.1, -0.05) is 30.3 Å². The fourth-order valence-electron chi connectivity index (χ4n) is 3.21. The Balaban J connectivity index is 1.41. The number of nitrogens with one attached hydrogen (secondary N) is 1. The van der Waals surface area contributed by atoms with Crippen molar-refractivity contribution in [1.82, 2.24) is 4.98 Å². The number of fused-ring (bicyclic) bond motifs is 1. The lowest BCUT2D eigenvalue weighted by Gasteiger charge is -2.19. The maximum Gasteiger partial charge on any atom is 0.257 e. The summed E-state index contributed by atoms with van der Waals surface area (Å²) in [5.74, 6) is -0.336. The summed E-state index contributed by atoms with van der Waals surface area (Å²) in [6.07, 6.45) is 1.08. The van der Waals surface area contributed by atoms with Crippen LogP contribution in [0.25, 0.3) is 0 Å². The third kappa shape index (κ3) is 3.75. The molecule has 1 amide bonds. The van der Waals surface area contributed by atoms with Crippen LogP contribution in [0.2, 0.25) is 0 Å². The molecule has 1 aromatic heterocycles. The molecule has 0 unspecified atom stereocenters. The van der Waals surface area contributed by atoms with Crippen LogP contribution in [-0.2, 0) is 13.0 Å². The molecule has 0 atom stereocenters. The van der Waals surface area contributed by atoms with Gasteiger partial charge in [-0.25, -0.2) is 4.98 Å². The minimum absolute atomic E-state index is 0.111. The van der Waals surface area contributed by atoms with Gasteiger partial charge in [-0.2, -0.15) is 0 Å². The lowest BCUT2D eigenvalue weighted by molar-refractivity contribution is 0.100. The molecule has 3 aromatic rings. The van der Waals surface area contributed by atoms with Crippen LogP contribution in [0.1, 0.15) is 38.9 Å². The largest absolute Gasteiger partial charge is 0.367 e. The average Bonchev–Trinajstić information content (AvgIpc) is 3.30. The van der Waals surface area contributed by atoms with Crippen molar-refractivity contribution in [2.75, 3.05) is 16.8 Å². The zero-order valence-electron chi connectivity index (χ0n) is 14.9. The first-order chi connectivity index (χ1) is 13.1. The first-order valence-electron chi connectivity index (χ1n) is 8.80. The Morgan fingerprint density at radius 2 is 1.93 bits per heavy atom. The van der Waals surface area contributed by atoms with E-state index in [1.807, 2.05) is 24.3 Å². The van der Waals surface area contributed by atoms with E-state index in [2.05, 4.69) is 39.5 Å². The molecule has 0 saturated carbocycles. The Kier molecular flexibility index (Phi) is 4.73. The second-order valence-corrected chi connectivity index (χ2v) is 7.40. The Labute approximate surface area is 161 Å². The van der Waals surface area contributed by atoms with E-state index in [1.54, 1.807) is 5.38 Å². The lowest BCUT2D eigenvalue weighted by Crippen LogP contribution is -2.19. The van der Waals surface area contributed by atoms with E-state index in [0.29, 0.717) is 16.4 Å². The summed E-state index contributed by atoms with van der Waals surface area (Å²) >= 11 is 1.25. The first kappa shape index (κ1) is 17.4. The van der Waals surface area contributed by atoms with Crippen molar-refractivity contribution in [2.45, 2.75) is 19.9 Å². The molecule has 136 valence electrons. The van der Waals surface area contributed by atoms with Crippen LogP contribution in [0.3, 0.4) is 0 Å². The van der Waals surface area contributed by atoms with Gasteiger partial charge in [-0.05, 0) is 35.7 Å². The molecule has 1 aliphatic rings. The van der Waals surface area contributed by atoms with E-state index in [0.717, 1.165) is 25.1 Å². The normalized spacial score (nSPS) is 12.7. The van der Waals surface area contributed by atoms with Gasteiger partial charge in [0.2, 0.25) is 0 Å². The molecule has 5 nitrogen and oxygen atoms in total. The predicted octanol–water partition coefficient (Wildman–Crippen LogP) is 4.16. The maximum atomic E-state index is 12.4. The van der Waals surface area contributed by atoms with Crippen molar-refractivity contribution in [2.24, 2.45) is 0 Å². The standard InChI is InChI=1S/C21H19N3O2S/c1-14(25)18-13-27-21(22-18)23-20(26)17-8-6-15(7-9-17)12-24-11-10-16-4-2-3-5-19(16)24/h2-9,13H,10-12H2,1H3,(H,22,23,26). The molecule has 27 heavy (non-hydrogen) atoms. The molecule has 0 bridgehead atoms. The number of amides is 1. The van der Waals surface area contributed by atoms with Gasteiger partial charge in [0.15, 0.2) is 10.9 Å². The van der Waals surface area contributed by atoms with Gasteiger partial charge < -0.3 is 4.90 Å². The highest BCUT2D eigenvalue weighted by atomic mass is 32.1. The zero-order chi connectivity index (χ0) is 18.8. The molecule has 2 aromatic carbocycles. The quantitative estimate of drug-likeness (QED) is 0.678. The number of para-hydroxylation sites is 1. The molecule has 6 heteroatoms. The summed E-state index contributed by atoms with van der Waals surface area (Å²) in [6, 6.07) is 16.1. The zero-order valence-corrected chi connectivity index (χ0v) is 15.8. The SMILES string of the molecule is CC(=O)c1csc(NC(=O)c2ccc(CN3CCc4ccccc43)cc2)n1. The monoisotopic (exact) mass is 377 g/mol. The summed E-state index contributed by atoms with van der Waals surface area (Å²) in [6.45, 7) is 3.30. The Morgan fingerprint density at radius 1 is 1.15 bits per heavy atom. The number of ketones is 1. The number of carbonyl (C=O) groups is 2. The molecule has 2 heterocycles. The molecule has 0 saturated heterocycles. The third-order valence-electron chi connectivity index (χ3n) is 4.66. The Morgan fingerprint density at radius 3 is 2.67 bits per heavy atom. The fourth-order valence-corrected chi connectivity index (χ4v) is 3.96. The maximum absolute atomic E-state index is 12.4.